The highest BCUT2D eigenvalue weighted by molar-refractivity contribution is 5.86. The fourth-order valence-electron chi connectivity index (χ4n) is 1.77. The molecule has 1 rings (SSSR count). The lowest BCUT2D eigenvalue weighted by atomic mass is 9.86. The van der Waals surface area contributed by atoms with E-state index < -0.39 is 6.04 Å². The molecular formula is C14H26N2O3. The van der Waals surface area contributed by atoms with Crippen LogP contribution in [0.15, 0.2) is 0 Å². The predicted octanol–water partition coefficient (Wildman–Crippen LogP) is 1.16. The van der Waals surface area contributed by atoms with Crippen LogP contribution >= 0.6 is 0 Å². The van der Waals surface area contributed by atoms with E-state index in [2.05, 4.69) is 0 Å². The molecule has 1 aliphatic rings. The molecule has 2 N–H and O–H groups in total. The Morgan fingerprint density at radius 2 is 1.95 bits per heavy atom. The van der Waals surface area contributed by atoms with Crippen molar-refractivity contribution >= 4 is 11.9 Å². The molecule has 110 valence electrons. The van der Waals surface area contributed by atoms with Crippen molar-refractivity contribution in [2.45, 2.75) is 46.6 Å². The van der Waals surface area contributed by atoms with Crippen LogP contribution < -0.4 is 5.73 Å². The Balaban J connectivity index is 2.66. The Morgan fingerprint density at radius 3 is 2.37 bits per heavy atom. The summed E-state index contributed by atoms with van der Waals surface area (Å²) < 4.78 is 4.92. The molecule has 0 bridgehead atoms. The van der Waals surface area contributed by atoms with E-state index >= 15 is 0 Å². The maximum Gasteiger partial charge on any atom is 0.325 e. The molecule has 0 saturated heterocycles. The minimum atomic E-state index is -0.597. The van der Waals surface area contributed by atoms with Gasteiger partial charge < -0.3 is 15.4 Å². The van der Waals surface area contributed by atoms with E-state index in [-0.39, 0.29) is 23.8 Å². The summed E-state index contributed by atoms with van der Waals surface area (Å²) in [5.74, 6) is -0.00407. The molecule has 1 fully saturated rings. The lowest BCUT2D eigenvalue weighted by molar-refractivity contribution is -0.150. The number of nitrogens with zero attached hydrogens (tertiary/aromatic N) is 1. The molecule has 0 aromatic heterocycles. The number of ether oxygens (including phenoxy) is 1. The Kier molecular flexibility index (Phi) is 5.35. The average Bonchev–Trinajstić information content (AvgIpc) is 3.09. The van der Waals surface area contributed by atoms with Gasteiger partial charge in [0.1, 0.15) is 6.54 Å². The fourth-order valence-corrected chi connectivity index (χ4v) is 1.77. The highest BCUT2D eigenvalue weighted by atomic mass is 16.5. The monoisotopic (exact) mass is 270 g/mol. The number of hydrogen-bond acceptors (Lipinski definition) is 4. The Hall–Kier alpha value is -1.10. The van der Waals surface area contributed by atoms with Crippen molar-refractivity contribution < 1.29 is 14.3 Å². The summed E-state index contributed by atoms with van der Waals surface area (Å²) in [4.78, 5) is 25.5. The van der Waals surface area contributed by atoms with Crippen LogP contribution in [0.1, 0.15) is 40.5 Å². The predicted molar refractivity (Wildman–Crippen MR) is 73.4 cm³/mol. The first-order valence-corrected chi connectivity index (χ1v) is 6.95. The number of carbonyl (C=O) groups is 2. The standard InChI is InChI=1S/C14H26N2O3/c1-5-19-11(17)9-16(8-10-6-7-10)13(18)12(15)14(2,3)4/h10,12H,5-9,15H2,1-4H3. The van der Waals surface area contributed by atoms with Crippen LogP contribution in [0.2, 0.25) is 0 Å². The molecule has 1 aliphatic carbocycles. The number of carbonyl (C=O) groups excluding carboxylic acids is 2. The van der Waals surface area contributed by atoms with Gasteiger partial charge in [0.2, 0.25) is 5.91 Å². The van der Waals surface area contributed by atoms with Crippen molar-refractivity contribution in [2.75, 3.05) is 19.7 Å². The summed E-state index contributed by atoms with van der Waals surface area (Å²) in [5, 5.41) is 0. The quantitative estimate of drug-likeness (QED) is 0.735. The van der Waals surface area contributed by atoms with E-state index in [0.717, 1.165) is 12.8 Å². The summed E-state index contributed by atoms with van der Waals surface area (Å²) in [6.45, 7) is 8.48. The Morgan fingerprint density at radius 1 is 1.37 bits per heavy atom. The molecular weight excluding hydrogens is 244 g/mol. The molecule has 1 atom stereocenters. The molecule has 0 aliphatic heterocycles. The van der Waals surface area contributed by atoms with E-state index in [1.807, 2.05) is 20.8 Å². The summed E-state index contributed by atoms with van der Waals surface area (Å²) >= 11 is 0. The van der Waals surface area contributed by atoms with Crippen LogP contribution in [0.3, 0.4) is 0 Å². The molecule has 5 heteroatoms. The zero-order valence-electron chi connectivity index (χ0n) is 12.4. The Labute approximate surface area is 115 Å². The van der Waals surface area contributed by atoms with Crippen LogP contribution in [-0.2, 0) is 14.3 Å². The van der Waals surface area contributed by atoms with Crippen molar-refractivity contribution in [3.8, 4) is 0 Å². The van der Waals surface area contributed by atoms with Gasteiger partial charge in [-0.05, 0) is 31.1 Å². The van der Waals surface area contributed by atoms with Gasteiger partial charge in [-0.2, -0.15) is 0 Å². The van der Waals surface area contributed by atoms with Gasteiger partial charge in [0.05, 0.1) is 12.6 Å². The Bertz CT molecular complexity index is 332. The number of hydrogen-bond donors (Lipinski definition) is 1. The van der Waals surface area contributed by atoms with Crippen molar-refractivity contribution in [3.05, 3.63) is 0 Å². The number of nitrogens with two attached hydrogens (primary N) is 1. The second-order valence-electron chi connectivity index (χ2n) is 6.31. The minimum absolute atomic E-state index is 0.00690. The first-order valence-electron chi connectivity index (χ1n) is 6.95. The molecule has 0 heterocycles. The van der Waals surface area contributed by atoms with Gasteiger partial charge in [-0.3, -0.25) is 9.59 Å². The van der Waals surface area contributed by atoms with Gasteiger partial charge in [0, 0.05) is 6.54 Å². The first-order chi connectivity index (χ1) is 8.75. The zero-order chi connectivity index (χ0) is 14.6. The zero-order valence-corrected chi connectivity index (χ0v) is 12.4. The molecule has 0 spiro atoms. The number of amides is 1. The van der Waals surface area contributed by atoms with Gasteiger partial charge in [-0.25, -0.2) is 0 Å². The van der Waals surface area contributed by atoms with E-state index in [4.69, 9.17) is 10.5 Å². The van der Waals surface area contributed by atoms with E-state index in [0.29, 0.717) is 19.1 Å². The van der Waals surface area contributed by atoms with Crippen LogP contribution in [0.4, 0.5) is 0 Å². The minimum Gasteiger partial charge on any atom is -0.465 e. The first kappa shape index (κ1) is 16.0. The summed E-state index contributed by atoms with van der Waals surface area (Å²) in [5.41, 5.74) is 5.69. The second-order valence-corrected chi connectivity index (χ2v) is 6.31. The van der Waals surface area contributed by atoms with Crippen LogP contribution in [0.25, 0.3) is 0 Å². The van der Waals surface area contributed by atoms with Crippen molar-refractivity contribution in [1.29, 1.82) is 0 Å². The molecule has 1 unspecified atom stereocenters. The normalized spacial score (nSPS) is 16.9. The lowest BCUT2D eigenvalue weighted by Gasteiger charge is -2.31. The molecule has 0 aromatic carbocycles. The van der Waals surface area contributed by atoms with Crippen LogP contribution in [-0.4, -0.2) is 42.5 Å². The molecule has 0 radical (unpaired) electrons. The van der Waals surface area contributed by atoms with Crippen LogP contribution in [0.5, 0.6) is 0 Å². The highest BCUT2D eigenvalue weighted by Crippen LogP contribution is 2.30. The summed E-state index contributed by atoms with van der Waals surface area (Å²) in [6.07, 6.45) is 2.24. The third-order valence-electron chi connectivity index (χ3n) is 3.31. The van der Waals surface area contributed by atoms with Crippen LogP contribution in [0, 0.1) is 11.3 Å². The SMILES string of the molecule is CCOC(=O)CN(CC1CC1)C(=O)C(N)C(C)(C)C. The number of rotatable bonds is 6. The smallest absolute Gasteiger partial charge is 0.325 e. The summed E-state index contributed by atoms with van der Waals surface area (Å²) in [6, 6.07) is -0.597. The maximum atomic E-state index is 12.4. The van der Waals surface area contributed by atoms with Gasteiger partial charge in [-0.15, -0.1) is 0 Å². The molecule has 19 heavy (non-hydrogen) atoms. The van der Waals surface area contributed by atoms with Crippen molar-refractivity contribution in [1.82, 2.24) is 4.90 Å². The molecule has 1 saturated carbocycles. The maximum absolute atomic E-state index is 12.4. The summed E-state index contributed by atoms with van der Waals surface area (Å²) in [7, 11) is 0. The van der Waals surface area contributed by atoms with Crippen molar-refractivity contribution in [2.24, 2.45) is 17.1 Å². The second kappa shape index (κ2) is 6.37. The third kappa shape index (κ3) is 5.19. The highest BCUT2D eigenvalue weighted by Gasteiger charge is 2.35. The van der Waals surface area contributed by atoms with Gasteiger partial charge in [-0.1, -0.05) is 20.8 Å². The van der Waals surface area contributed by atoms with E-state index in [9.17, 15) is 9.59 Å². The van der Waals surface area contributed by atoms with Gasteiger partial charge in [0.15, 0.2) is 0 Å². The third-order valence-corrected chi connectivity index (χ3v) is 3.31. The average molecular weight is 270 g/mol. The molecule has 0 aromatic rings. The lowest BCUT2D eigenvalue weighted by Crippen LogP contribution is -2.52. The van der Waals surface area contributed by atoms with Gasteiger partial charge >= 0.3 is 5.97 Å². The van der Waals surface area contributed by atoms with E-state index in [1.54, 1.807) is 11.8 Å². The number of esters is 1. The van der Waals surface area contributed by atoms with E-state index in [1.165, 1.54) is 0 Å². The topological polar surface area (TPSA) is 72.6 Å². The molecule has 5 nitrogen and oxygen atoms in total. The fraction of sp³-hybridized carbons (Fsp3) is 0.857. The van der Waals surface area contributed by atoms with Crippen molar-refractivity contribution in [3.63, 3.8) is 0 Å². The molecule has 1 amide bonds. The van der Waals surface area contributed by atoms with Gasteiger partial charge in [0.25, 0.3) is 0 Å². The largest absolute Gasteiger partial charge is 0.465 e.